The van der Waals surface area contributed by atoms with Crippen LogP contribution in [0.25, 0.3) is 0 Å². The number of rotatable bonds is 5. The summed E-state index contributed by atoms with van der Waals surface area (Å²) in [7, 11) is 2.91. The molecule has 1 N–H and O–H groups in total. The summed E-state index contributed by atoms with van der Waals surface area (Å²) in [6, 6.07) is 3.00. The average molecular weight is 399 g/mol. The molecule has 10 heteroatoms. The summed E-state index contributed by atoms with van der Waals surface area (Å²) in [6.07, 6.45) is -4.55. The molecule has 2 amide bonds. The highest BCUT2D eigenvalue weighted by molar-refractivity contribution is 6.00. The third-order valence-corrected chi connectivity index (χ3v) is 5.16. The van der Waals surface area contributed by atoms with Gasteiger partial charge >= 0.3 is 12.1 Å². The van der Waals surface area contributed by atoms with Crippen LogP contribution in [0.2, 0.25) is 0 Å². The van der Waals surface area contributed by atoms with E-state index in [9.17, 15) is 22.8 Å². The van der Waals surface area contributed by atoms with Gasteiger partial charge in [0, 0.05) is 38.0 Å². The Hall–Kier alpha value is -2.78. The number of fused-ring (bicyclic) bond motifs is 2. The first kappa shape index (κ1) is 20.0. The monoisotopic (exact) mass is 399 g/mol. The van der Waals surface area contributed by atoms with Crippen molar-refractivity contribution >= 4 is 24.2 Å². The molecule has 7 nitrogen and oxygen atoms in total. The molecule has 3 rings (SSSR count). The molecule has 0 spiro atoms. The van der Waals surface area contributed by atoms with Crippen molar-refractivity contribution in [2.45, 2.75) is 18.7 Å². The summed E-state index contributed by atoms with van der Waals surface area (Å²) in [4.78, 5) is 28.2. The lowest BCUT2D eigenvalue weighted by Gasteiger charge is -2.52. The van der Waals surface area contributed by atoms with Crippen molar-refractivity contribution < 1.29 is 32.2 Å². The SMILES string of the molecule is C=Nc1cc(OC)c(OC2[C@@H]3C[C@H]2CN(C(=O)C(F)(F)F)C3)cc1C(=O)NC. The molecule has 2 fully saturated rings. The maximum absolute atomic E-state index is 12.7. The highest BCUT2D eigenvalue weighted by atomic mass is 19.4. The number of methoxy groups -OCH3 is 1. The zero-order valence-electron chi connectivity index (χ0n) is 15.4. The molecule has 1 saturated carbocycles. The van der Waals surface area contributed by atoms with E-state index in [1.54, 1.807) is 0 Å². The van der Waals surface area contributed by atoms with Gasteiger partial charge in [-0.2, -0.15) is 13.2 Å². The molecular weight excluding hydrogens is 379 g/mol. The summed E-state index contributed by atoms with van der Waals surface area (Å²) in [5, 5.41) is 2.50. The molecule has 2 bridgehead atoms. The number of aliphatic imine (C=N–C) groups is 1. The fourth-order valence-electron chi connectivity index (χ4n) is 3.78. The van der Waals surface area contributed by atoms with Gasteiger partial charge in [0.1, 0.15) is 6.10 Å². The Kier molecular flexibility index (Phi) is 5.22. The van der Waals surface area contributed by atoms with E-state index in [0.29, 0.717) is 23.6 Å². The van der Waals surface area contributed by atoms with Crippen molar-refractivity contribution in [1.82, 2.24) is 10.2 Å². The smallest absolute Gasteiger partial charge is 0.471 e. The Bertz CT molecular complexity index is 800. The minimum Gasteiger partial charge on any atom is -0.493 e. The quantitative estimate of drug-likeness (QED) is 0.770. The summed E-state index contributed by atoms with van der Waals surface area (Å²) in [5.74, 6) is -2.00. The number of carbonyl (C=O) groups is 2. The molecular formula is C18H20F3N3O4. The lowest BCUT2D eigenvalue weighted by Crippen LogP contribution is -2.63. The van der Waals surface area contributed by atoms with Crippen molar-refractivity contribution in [2.24, 2.45) is 16.8 Å². The van der Waals surface area contributed by atoms with Crippen LogP contribution in [0.5, 0.6) is 11.5 Å². The van der Waals surface area contributed by atoms with Crippen molar-refractivity contribution in [2.75, 3.05) is 27.2 Å². The predicted molar refractivity (Wildman–Crippen MR) is 94.2 cm³/mol. The second kappa shape index (κ2) is 7.33. The molecule has 1 aromatic carbocycles. The summed E-state index contributed by atoms with van der Waals surface area (Å²) < 4.78 is 49.3. The third kappa shape index (κ3) is 3.50. The van der Waals surface area contributed by atoms with Gasteiger partial charge in [-0.3, -0.25) is 14.6 Å². The Morgan fingerprint density at radius 3 is 2.39 bits per heavy atom. The topological polar surface area (TPSA) is 80.2 Å². The number of likely N-dealkylation sites (tertiary alicyclic amines) is 1. The molecule has 152 valence electrons. The van der Waals surface area contributed by atoms with Gasteiger partial charge in [-0.15, -0.1) is 0 Å². The van der Waals surface area contributed by atoms with E-state index in [1.165, 1.54) is 26.3 Å². The zero-order valence-corrected chi connectivity index (χ0v) is 15.4. The number of benzene rings is 1. The number of hydrogen-bond donors (Lipinski definition) is 1. The highest BCUT2D eigenvalue weighted by Gasteiger charge is 2.53. The van der Waals surface area contributed by atoms with Crippen molar-refractivity contribution in [3.05, 3.63) is 17.7 Å². The van der Waals surface area contributed by atoms with Gasteiger partial charge in [0.2, 0.25) is 0 Å². The first-order valence-electron chi connectivity index (χ1n) is 8.63. The summed E-state index contributed by atoms with van der Waals surface area (Å²) in [6.45, 7) is 3.40. The molecule has 3 atom stereocenters. The second-order valence-electron chi connectivity index (χ2n) is 6.80. The van der Waals surface area contributed by atoms with E-state index in [0.717, 1.165) is 4.90 Å². The van der Waals surface area contributed by atoms with Crippen LogP contribution in [-0.2, 0) is 4.79 Å². The largest absolute Gasteiger partial charge is 0.493 e. The maximum atomic E-state index is 12.7. The Morgan fingerprint density at radius 1 is 1.25 bits per heavy atom. The van der Waals surface area contributed by atoms with Crippen LogP contribution in [0.15, 0.2) is 17.1 Å². The first-order valence-corrected chi connectivity index (χ1v) is 8.63. The molecule has 0 aromatic heterocycles. The van der Waals surface area contributed by atoms with Gasteiger partial charge in [0.05, 0.1) is 18.4 Å². The van der Waals surface area contributed by atoms with E-state index >= 15 is 0 Å². The van der Waals surface area contributed by atoms with Crippen LogP contribution < -0.4 is 14.8 Å². The molecule has 0 radical (unpaired) electrons. The minimum atomic E-state index is -4.88. The van der Waals surface area contributed by atoms with Crippen LogP contribution in [0.1, 0.15) is 16.8 Å². The minimum absolute atomic E-state index is 0.0174. The van der Waals surface area contributed by atoms with Gasteiger partial charge < -0.3 is 19.7 Å². The average Bonchev–Trinajstić information content (AvgIpc) is 2.69. The fourth-order valence-corrected chi connectivity index (χ4v) is 3.78. The van der Waals surface area contributed by atoms with Crippen LogP contribution in [0.4, 0.5) is 18.9 Å². The molecule has 28 heavy (non-hydrogen) atoms. The van der Waals surface area contributed by atoms with Gasteiger partial charge in [-0.05, 0) is 19.2 Å². The number of nitrogens with zero attached hydrogens (tertiary/aromatic N) is 2. The number of hydrogen-bond acceptors (Lipinski definition) is 5. The molecule has 1 unspecified atom stereocenters. The van der Waals surface area contributed by atoms with Crippen LogP contribution in [0.3, 0.4) is 0 Å². The van der Waals surface area contributed by atoms with Gasteiger partial charge in [0.15, 0.2) is 11.5 Å². The van der Waals surface area contributed by atoms with Gasteiger partial charge in [-0.25, -0.2) is 0 Å². The maximum Gasteiger partial charge on any atom is 0.471 e. The summed E-state index contributed by atoms with van der Waals surface area (Å²) in [5.41, 5.74) is 0.561. The number of carbonyl (C=O) groups excluding carboxylic acids is 2. The number of nitrogens with one attached hydrogen (secondary N) is 1. The van der Waals surface area contributed by atoms with Crippen LogP contribution in [-0.4, -0.2) is 63.0 Å². The van der Waals surface area contributed by atoms with E-state index in [-0.39, 0.29) is 42.5 Å². The first-order chi connectivity index (χ1) is 13.2. The zero-order chi connectivity index (χ0) is 20.6. The predicted octanol–water partition coefficient (Wildman–Crippen LogP) is 2.17. The molecule has 1 aromatic rings. The van der Waals surface area contributed by atoms with E-state index in [2.05, 4.69) is 17.0 Å². The van der Waals surface area contributed by atoms with E-state index in [1.807, 2.05) is 0 Å². The number of halogens is 3. The normalized spacial score (nSPS) is 23.5. The third-order valence-electron chi connectivity index (χ3n) is 5.16. The second-order valence-corrected chi connectivity index (χ2v) is 6.80. The number of alkyl halides is 3. The van der Waals surface area contributed by atoms with Crippen molar-refractivity contribution in [3.8, 4) is 11.5 Å². The molecule has 2 aliphatic rings. The van der Waals surface area contributed by atoms with Crippen LogP contribution in [0, 0.1) is 11.8 Å². The lowest BCUT2D eigenvalue weighted by molar-refractivity contribution is -0.196. The Morgan fingerprint density at radius 2 is 1.89 bits per heavy atom. The van der Waals surface area contributed by atoms with Gasteiger partial charge in [0.25, 0.3) is 5.91 Å². The van der Waals surface area contributed by atoms with Crippen LogP contribution >= 0.6 is 0 Å². The summed E-state index contributed by atoms with van der Waals surface area (Å²) >= 11 is 0. The standard InChI is InChI=1S/C18H20F3N3O4/c1-22-12-6-13(27-3)14(5-11(12)16(25)23-2)28-15-9-4-10(15)8-24(7-9)17(26)18(19,20)21/h5-6,9-10,15H,1,4,7-8H2,2-3H3,(H,23,25)/t9-,10+,15?. The molecule has 1 aliphatic carbocycles. The number of ether oxygens (including phenoxy) is 2. The van der Waals surface area contributed by atoms with Crippen molar-refractivity contribution in [3.63, 3.8) is 0 Å². The molecule has 1 aliphatic heterocycles. The fraction of sp³-hybridized carbons (Fsp3) is 0.500. The van der Waals surface area contributed by atoms with Crippen molar-refractivity contribution in [1.29, 1.82) is 0 Å². The molecule has 1 saturated heterocycles. The van der Waals surface area contributed by atoms with E-state index < -0.39 is 12.1 Å². The molecule has 1 heterocycles. The highest BCUT2D eigenvalue weighted by Crippen LogP contribution is 2.45. The number of amides is 2. The Balaban J connectivity index is 1.79. The Labute approximate surface area is 159 Å². The van der Waals surface area contributed by atoms with E-state index in [4.69, 9.17) is 9.47 Å². The van der Waals surface area contributed by atoms with Gasteiger partial charge in [-0.1, -0.05) is 0 Å². The lowest BCUT2D eigenvalue weighted by atomic mass is 9.68. The number of piperidine rings is 2.